The Morgan fingerprint density at radius 3 is 1.90 bits per heavy atom. The Kier molecular flexibility index (Phi) is 4.22. The molecule has 0 atom stereocenters. The molecule has 3 heteroatoms. The zero-order valence-electron chi connectivity index (χ0n) is 12.4. The first-order chi connectivity index (χ1) is 9.88. The summed E-state index contributed by atoms with van der Waals surface area (Å²) in [5.41, 5.74) is 0.604. The van der Waals surface area contributed by atoms with E-state index < -0.39 is 11.6 Å². The van der Waals surface area contributed by atoms with Gasteiger partial charge in [-0.3, -0.25) is 4.79 Å². The number of ketones is 1. The maximum atomic E-state index is 12.5. The molecule has 0 aromatic heterocycles. The first kappa shape index (κ1) is 15.0. The number of carbonyl (C=O) groups is 2. The summed E-state index contributed by atoms with van der Waals surface area (Å²) in [6, 6.07) is 15.6. The smallest absolute Gasteiger partial charge is 0.339 e. The van der Waals surface area contributed by atoms with Crippen LogP contribution in [-0.2, 0) is 4.74 Å². The monoisotopic (exact) mass is 282 g/mol. The van der Waals surface area contributed by atoms with Crippen molar-refractivity contribution in [2.45, 2.75) is 26.4 Å². The van der Waals surface area contributed by atoms with Gasteiger partial charge < -0.3 is 4.74 Å². The van der Waals surface area contributed by atoms with E-state index in [2.05, 4.69) is 0 Å². The lowest BCUT2D eigenvalue weighted by molar-refractivity contribution is 0.00679. The molecule has 0 N–H and O–H groups in total. The lowest BCUT2D eigenvalue weighted by atomic mass is 9.98. The second-order valence-corrected chi connectivity index (χ2v) is 5.74. The molecule has 0 radical (unpaired) electrons. The number of ether oxygens (including phenoxy) is 1. The predicted octanol–water partition coefficient (Wildman–Crippen LogP) is 3.87. The van der Waals surface area contributed by atoms with Gasteiger partial charge >= 0.3 is 5.97 Å². The van der Waals surface area contributed by atoms with Gasteiger partial charge in [0.05, 0.1) is 5.56 Å². The Labute approximate surface area is 124 Å². The Balaban J connectivity index is 2.38. The molecule has 0 saturated heterocycles. The summed E-state index contributed by atoms with van der Waals surface area (Å²) in [4.78, 5) is 24.8. The van der Waals surface area contributed by atoms with Crippen LogP contribution in [0.5, 0.6) is 0 Å². The minimum atomic E-state index is -0.597. The van der Waals surface area contributed by atoms with Gasteiger partial charge in [0.1, 0.15) is 5.60 Å². The fourth-order valence-electron chi connectivity index (χ4n) is 1.94. The van der Waals surface area contributed by atoms with E-state index in [-0.39, 0.29) is 5.78 Å². The van der Waals surface area contributed by atoms with Crippen LogP contribution in [0.25, 0.3) is 0 Å². The van der Waals surface area contributed by atoms with E-state index in [4.69, 9.17) is 4.74 Å². The van der Waals surface area contributed by atoms with Crippen LogP contribution in [0.2, 0.25) is 0 Å². The standard InChI is InChI=1S/C18H18O3/c1-18(2,3)21-17(20)15-12-8-7-11-14(15)16(19)13-9-5-4-6-10-13/h4-12H,1-3H3. The second kappa shape index (κ2) is 5.92. The highest BCUT2D eigenvalue weighted by Gasteiger charge is 2.23. The Hall–Kier alpha value is -2.42. The molecule has 2 aromatic carbocycles. The minimum Gasteiger partial charge on any atom is -0.456 e. The summed E-state index contributed by atoms with van der Waals surface area (Å²) in [6.07, 6.45) is 0. The zero-order valence-corrected chi connectivity index (χ0v) is 12.4. The van der Waals surface area contributed by atoms with Crippen LogP contribution in [-0.4, -0.2) is 17.4 Å². The van der Waals surface area contributed by atoms with Gasteiger partial charge in [-0.1, -0.05) is 48.5 Å². The van der Waals surface area contributed by atoms with Gasteiger partial charge in [0.15, 0.2) is 5.78 Å². The van der Waals surface area contributed by atoms with Gasteiger partial charge in [-0.15, -0.1) is 0 Å². The number of carbonyl (C=O) groups excluding carboxylic acids is 2. The van der Waals surface area contributed by atoms with Gasteiger partial charge in [-0.2, -0.15) is 0 Å². The van der Waals surface area contributed by atoms with Crippen molar-refractivity contribution in [3.05, 3.63) is 71.3 Å². The van der Waals surface area contributed by atoms with Crippen molar-refractivity contribution in [3.63, 3.8) is 0 Å². The van der Waals surface area contributed by atoms with Crippen LogP contribution in [0.4, 0.5) is 0 Å². The highest BCUT2D eigenvalue weighted by Crippen LogP contribution is 2.18. The summed E-state index contributed by atoms with van der Waals surface area (Å²) in [7, 11) is 0. The Morgan fingerprint density at radius 2 is 1.33 bits per heavy atom. The average Bonchev–Trinajstić information content (AvgIpc) is 2.45. The highest BCUT2D eigenvalue weighted by molar-refractivity contribution is 6.14. The molecular formula is C18H18O3. The van der Waals surface area contributed by atoms with Gasteiger partial charge in [0.25, 0.3) is 0 Å². The van der Waals surface area contributed by atoms with E-state index in [0.29, 0.717) is 16.7 Å². The third-order valence-electron chi connectivity index (χ3n) is 2.83. The van der Waals surface area contributed by atoms with Crippen molar-refractivity contribution in [1.29, 1.82) is 0 Å². The van der Waals surface area contributed by atoms with Gasteiger partial charge in [-0.25, -0.2) is 4.79 Å². The third kappa shape index (κ3) is 3.78. The molecule has 0 unspecified atom stereocenters. The normalized spacial score (nSPS) is 11.0. The van der Waals surface area contributed by atoms with Crippen molar-refractivity contribution >= 4 is 11.8 Å². The van der Waals surface area contributed by atoms with E-state index in [9.17, 15) is 9.59 Å². The number of esters is 1. The number of hydrogen-bond acceptors (Lipinski definition) is 3. The molecule has 0 aliphatic heterocycles. The minimum absolute atomic E-state index is 0.183. The molecular weight excluding hydrogens is 264 g/mol. The summed E-state index contributed by atoms with van der Waals surface area (Å²) in [6.45, 7) is 5.39. The molecule has 0 aliphatic rings. The van der Waals surface area contributed by atoms with Gasteiger partial charge in [0.2, 0.25) is 0 Å². The van der Waals surface area contributed by atoms with Crippen molar-refractivity contribution in [2.75, 3.05) is 0 Å². The fraction of sp³-hybridized carbons (Fsp3) is 0.222. The molecule has 108 valence electrons. The first-order valence-electron chi connectivity index (χ1n) is 6.80. The summed E-state index contributed by atoms with van der Waals surface area (Å²) < 4.78 is 5.36. The van der Waals surface area contributed by atoms with Crippen LogP contribution in [0.3, 0.4) is 0 Å². The molecule has 0 fully saturated rings. The Morgan fingerprint density at radius 1 is 0.810 bits per heavy atom. The number of benzene rings is 2. The van der Waals surface area contributed by atoms with E-state index in [1.807, 2.05) is 6.07 Å². The number of hydrogen-bond donors (Lipinski definition) is 0. The van der Waals surface area contributed by atoms with Gasteiger partial charge in [-0.05, 0) is 26.8 Å². The third-order valence-corrected chi connectivity index (χ3v) is 2.83. The lowest BCUT2D eigenvalue weighted by Gasteiger charge is -2.20. The molecule has 0 bridgehead atoms. The number of rotatable bonds is 3. The average molecular weight is 282 g/mol. The van der Waals surface area contributed by atoms with E-state index >= 15 is 0 Å². The predicted molar refractivity (Wildman–Crippen MR) is 81.5 cm³/mol. The van der Waals surface area contributed by atoms with Crippen LogP contribution >= 0.6 is 0 Å². The van der Waals surface area contributed by atoms with Crippen molar-refractivity contribution in [2.24, 2.45) is 0 Å². The summed E-state index contributed by atoms with van der Waals surface area (Å²) in [5, 5.41) is 0. The van der Waals surface area contributed by atoms with Crippen LogP contribution in [0.15, 0.2) is 54.6 Å². The first-order valence-corrected chi connectivity index (χ1v) is 6.80. The molecule has 21 heavy (non-hydrogen) atoms. The SMILES string of the molecule is CC(C)(C)OC(=O)c1ccccc1C(=O)c1ccccc1. The molecule has 0 heterocycles. The van der Waals surface area contributed by atoms with E-state index in [1.54, 1.807) is 69.3 Å². The molecule has 0 saturated carbocycles. The Bertz CT molecular complexity index is 652. The van der Waals surface area contributed by atoms with Crippen molar-refractivity contribution < 1.29 is 14.3 Å². The largest absolute Gasteiger partial charge is 0.456 e. The van der Waals surface area contributed by atoms with Crippen molar-refractivity contribution in [1.82, 2.24) is 0 Å². The van der Waals surface area contributed by atoms with Crippen molar-refractivity contribution in [3.8, 4) is 0 Å². The van der Waals surface area contributed by atoms with Crippen LogP contribution in [0.1, 0.15) is 47.1 Å². The molecule has 0 spiro atoms. The maximum Gasteiger partial charge on any atom is 0.339 e. The maximum absolute atomic E-state index is 12.5. The van der Waals surface area contributed by atoms with Crippen LogP contribution in [0, 0.1) is 0 Å². The van der Waals surface area contributed by atoms with Gasteiger partial charge in [0, 0.05) is 11.1 Å². The van der Waals surface area contributed by atoms with E-state index in [1.165, 1.54) is 0 Å². The highest BCUT2D eigenvalue weighted by atomic mass is 16.6. The quantitative estimate of drug-likeness (QED) is 0.634. The summed E-state index contributed by atoms with van der Waals surface area (Å²) >= 11 is 0. The molecule has 0 amide bonds. The molecule has 3 nitrogen and oxygen atoms in total. The molecule has 2 rings (SSSR count). The second-order valence-electron chi connectivity index (χ2n) is 5.74. The summed E-state index contributed by atoms with van der Waals surface area (Å²) in [5.74, 6) is -0.667. The van der Waals surface area contributed by atoms with E-state index in [0.717, 1.165) is 0 Å². The van der Waals surface area contributed by atoms with Crippen LogP contribution < -0.4 is 0 Å². The zero-order chi connectivity index (χ0) is 15.5. The molecule has 2 aromatic rings. The fourth-order valence-corrected chi connectivity index (χ4v) is 1.94. The lowest BCUT2D eigenvalue weighted by Crippen LogP contribution is -2.25. The topological polar surface area (TPSA) is 43.4 Å². The molecule has 0 aliphatic carbocycles.